The van der Waals surface area contributed by atoms with Gasteiger partial charge >= 0.3 is 11.9 Å². The number of carbonyl (C=O) groups is 2. The summed E-state index contributed by atoms with van der Waals surface area (Å²) >= 11 is 0. The molecule has 0 unspecified atom stereocenters. The Hall–Kier alpha value is -2.11. The maximum atomic E-state index is 11.2. The average Bonchev–Trinajstić information content (AvgIpc) is 2.45. The van der Waals surface area contributed by atoms with Crippen molar-refractivity contribution >= 4 is 17.6 Å². The fraction of sp³-hybridized carbons (Fsp3) is 0.500. The van der Waals surface area contributed by atoms with Crippen molar-refractivity contribution in [2.75, 3.05) is 11.9 Å². The Morgan fingerprint density at radius 2 is 1.90 bits per heavy atom. The second kappa shape index (κ2) is 6.36. The minimum Gasteiger partial charge on any atom is -0.478 e. The SMILES string of the molecule is O=C(O)c1cc(C(=O)O)c(NCC2CCCCC2)cn1. The van der Waals surface area contributed by atoms with Crippen molar-refractivity contribution in [3.63, 3.8) is 0 Å². The van der Waals surface area contributed by atoms with Crippen LogP contribution in [0.3, 0.4) is 0 Å². The maximum Gasteiger partial charge on any atom is 0.354 e. The smallest absolute Gasteiger partial charge is 0.354 e. The number of hydrogen-bond donors (Lipinski definition) is 3. The van der Waals surface area contributed by atoms with Crippen LogP contribution < -0.4 is 5.32 Å². The number of nitrogens with zero attached hydrogens (tertiary/aromatic N) is 1. The summed E-state index contributed by atoms with van der Waals surface area (Å²) < 4.78 is 0. The fourth-order valence-corrected chi connectivity index (χ4v) is 2.54. The van der Waals surface area contributed by atoms with Crippen LogP contribution in [0.2, 0.25) is 0 Å². The summed E-state index contributed by atoms with van der Waals surface area (Å²) in [6.45, 7) is 0.703. The Bertz CT molecular complexity index is 510. The molecule has 1 heterocycles. The first kappa shape index (κ1) is 14.3. The molecule has 0 amide bonds. The van der Waals surface area contributed by atoms with Gasteiger partial charge in [0.05, 0.1) is 17.4 Å². The van der Waals surface area contributed by atoms with E-state index in [-0.39, 0.29) is 11.3 Å². The quantitative estimate of drug-likeness (QED) is 0.765. The van der Waals surface area contributed by atoms with Gasteiger partial charge in [-0.2, -0.15) is 0 Å². The van der Waals surface area contributed by atoms with Crippen LogP contribution in [-0.2, 0) is 0 Å². The molecule has 0 spiro atoms. The molecule has 0 saturated heterocycles. The molecule has 6 nitrogen and oxygen atoms in total. The van der Waals surface area contributed by atoms with Gasteiger partial charge in [-0.15, -0.1) is 0 Å². The van der Waals surface area contributed by atoms with E-state index in [1.54, 1.807) is 0 Å². The first-order chi connectivity index (χ1) is 9.58. The highest BCUT2D eigenvalue weighted by molar-refractivity contribution is 5.97. The molecule has 1 aromatic heterocycles. The van der Waals surface area contributed by atoms with Crippen LogP contribution in [0, 0.1) is 5.92 Å². The summed E-state index contributed by atoms with van der Waals surface area (Å²) in [6.07, 6.45) is 7.29. The molecule has 0 atom stereocenters. The minimum atomic E-state index is -1.23. The second-order valence-electron chi connectivity index (χ2n) is 5.11. The molecule has 1 aliphatic carbocycles. The number of aromatic carboxylic acids is 2. The third kappa shape index (κ3) is 3.46. The van der Waals surface area contributed by atoms with Crippen LogP contribution in [0.5, 0.6) is 0 Å². The summed E-state index contributed by atoms with van der Waals surface area (Å²) in [6, 6.07) is 1.09. The highest BCUT2D eigenvalue weighted by Gasteiger charge is 2.17. The predicted molar refractivity (Wildman–Crippen MR) is 73.2 cm³/mol. The van der Waals surface area contributed by atoms with Crippen molar-refractivity contribution in [1.29, 1.82) is 0 Å². The van der Waals surface area contributed by atoms with E-state index >= 15 is 0 Å². The van der Waals surface area contributed by atoms with Gasteiger partial charge in [-0.25, -0.2) is 14.6 Å². The summed E-state index contributed by atoms with van der Waals surface area (Å²) in [4.78, 5) is 25.8. The fourth-order valence-electron chi connectivity index (χ4n) is 2.54. The van der Waals surface area contributed by atoms with Gasteiger partial charge < -0.3 is 15.5 Å². The Kier molecular flexibility index (Phi) is 4.55. The molecule has 0 bridgehead atoms. The number of aromatic nitrogens is 1. The van der Waals surface area contributed by atoms with Gasteiger partial charge in [-0.05, 0) is 24.8 Å². The molecule has 6 heteroatoms. The lowest BCUT2D eigenvalue weighted by Crippen LogP contribution is -2.19. The second-order valence-corrected chi connectivity index (χ2v) is 5.11. The summed E-state index contributed by atoms with van der Waals surface area (Å²) in [5.74, 6) is -1.84. The van der Waals surface area contributed by atoms with E-state index < -0.39 is 11.9 Å². The molecule has 20 heavy (non-hydrogen) atoms. The highest BCUT2D eigenvalue weighted by Crippen LogP contribution is 2.24. The first-order valence-electron chi connectivity index (χ1n) is 6.78. The van der Waals surface area contributed by atoms with Crippen molar-refractivity contribution in [2.24, 2.45) is 5.92 Å². The van der Waals surface area contributed by atoms with Gasteiger partial charge in [0.25, 0.3) is 0 Å². The predicted octanol–water partition coefficient (Wildman–Crippen LogP) is 2.47. The van der Waals surface area contributed by atoms with Gasteiger partial charge in [-0.1, -0.05) is 19.3 Å². The maximum absolute atomic E-state index is 11.2. The molecule has 0 radical (unpaired) electrons. The monoisotopic (exact) mass is 278 g/mol. The van der Waals surface area contributed by atoms with E-state index in [0.29, 0.717) is 18.2 Å². The Balaban J connectivity index is 2.09. The molecule has 0 aliphatic heterocycles. The molecule has 1 aliphatic rings. The highest BCUT2D eigenvalue weighted by atomic mass is 16.4. The number of carboxylic acids is 2. The van der Waals surface area contributed by atoms with E-state index in [1.165, 1.54) is 25.5 Å². The average molecular weight is 278 g/mol. The van der Waals surface area contributed by atoms with Gasteiger partial charge in [0.15, 0.2) is 0 Å². The molecular formula is C14H18N2O4. The first-order valence-corrected chi connectivity index (χ1v) is 6.78. The zero-order valence-corrected chi connectivity index (χ0v) is 11.1. The van der Waals surface area contributed by atoms with Crippen molar-refractivity contribution in [2.45, 2.75) is 32.1 Å². The third-order valence-electron chi connectivity index (χ3n) is 3.66. The van der Waals surface area contributed by atoms with Crippen molar-refractivity contribution in [3.05, 3.63) is 23.5 Å². The largest absolute Gasteiger partial charge is 0.478 e. The third-order valence-corrected chi connectivity index (χ3v) is 3.66. The lowest BCUT2D eigenvalue weighted by atomic mass is 9.89. The van der Waals surface area contributed by atoms with Gasteiger partial charge in [0.2, 0.25) is 0 Å². The van der Waals surface area contributed by atoms with E-state index in [9.17, 15) is 9.59 Å². The van der Waals surface area contributed by atoms with E-state index in [2.05, 4.69) is 10.3 Å². The Labute approximate surface area is 116 Å². The van der Waals surface area contributed by atoms with Crippen LogP contribution in [-0.4, -0.2) is 33.7 Å². The molecule has 1 saturated carbocycles. The number of hydrogen-bond acceptors (Lipinski definition) is 4. The Morgan fingerprint density at radius 3 is 2.50 bits per heavy atom. The van der Waals surface area contributed by atoms with Crippen LogP contribution in [0.1, 0.15) is 53.0 Å². The summed E-state index contributed by atoms with van der Waals surface area (Å²) in [7, 11) is 0. The zero-order chi connectivity index (χ0) is 14.5. The van der Waals surface area contributed by atoms with Crippen molar-refractivity contribution < 1.29 is 19.8 Å². The molecular weight excluding hydrogens is 260 g/mol. The van der Waals surface area contributed by atoms with Crippen LogP contribution >= 0.6 is 0 Å². The number of rotatable bonds is 5. The molecule has 2 rings (SSSR count). The van der Waals surface area contributed by atoms with Crippen molar-refractivity contribution in [3.8, 4) is 0 Å². The van der Waals surface area contributed by atoms with Gasteiger partial charge in [0.1, 0.15) is 5.69 Å². The van der Waals surface area contributed by atoms with Crippen LogP contribution in [0.25, 0.3) is 0 Å². The normalized spacial score (nSPS) is 15.8. The van der Waals surface area contributed by atoms with Gasteiger partial charge in [0, 0.05) is 6.54 Å². The lowest BCUT2D eigenvalue weighted by molar-refractivity contribution is 0.0690. The molecule has 1 fully saturated rings. The molecule has 3 N–H and O–H groups in total. The molecule has 108 valence electrons. The Morgan fingerprint density at radius 1 is 1.20 bits per heavy atom. The van der Waals surface area contributed by atoms with Crippen LogP contribution in [0.15, 0.2) is 12.3 Å². The summed E-state index contributed by atoms with van der Waals surface area (Å²) in [5, 5.41) is 21.1. The standard InChI is InChI=1S/C14H18N2O4/c17-13(18)10-6-11(14(19)20)16-8-12(10)15-7-9-4-2-1-3-5-9/h6,8-9,15H,1-5,7H2,(H,17,18)(H,19,20). The number of nitrogens with one attached hydrogen (secondary N) is 1. The summed E-state index contributed by atoms with van der Waals surface area (Å²) in [5.41, 5.74) is 0.0758. The van der Waals surface area contributed by atoms with Gasteiger partial charge in [-0.3, -0.25) is 0 Å². The number of anilines is 1. The molecule has 1 aromatic rings. The molecule has 0 aromatic carbocycles. The zero-order valence-electron chi connectivity index (χ0n) is 11.1. The minimum absolute atomic E-state index is 0.0480. The number of pyridine rings is 1. The number of carboxylic acid groups (broad SMARTS) is 2. The van der Waals surface area contributed by atoms with E-state index in [1.807, 2.05) is 0 Å². The van der Waals surface area contributed by atoms with E-state index in [0.717, 1.165) is 18.9 Å². The van der Waals surface area contributed by atoms with Crippen molar-refractivity contribution in [1.82, 2.24) is 4.98 Å². The van der Waals surface area contributed by atoms with Crippen LogP contribution in [0.4, 0.5) is 5.69 Å². The topological polar surface area (TPSA) is 99.5 Å². The van der Waals surface area contributed by atoms with E-state index in [4.69, 9.17) is 10.2 Å². The lowest BCUT2D eigenvalue weighted by Gasteiger charge is -2.22.